The number of rotatable bonds is 4. The number of halogens is 1. The second-order valence-corrected chi connectivity index (χ2v) is 4.27. The van der Waals surface area contributed by atoms with Crippen LogP contribution in [0.1, 0.15) is 11.6 Å². The summed E-state index contributed by atoms with van der Waals surface area (Å²) in [7, 11) is 1.34. The summed E-state index contributed by atoms with van der Waals surface area (Å²) in [4.78, 5) is 15.9. The summed E-state index contributed by atoms with van der Waals surface area (Å²) in [6, 6.07) is 10.1. The number of benzene rings is 1. The number of ether oxygens (including phenoxy) is 1. The highest BCUT2D eigenvalue weighted by Gasteiger charge is 2.23. The summed E-state index contributed by atoms with van der Waals surface area (Å²) in [5.74, 6) is -0.406. The molecule has 1 atom stereocenters. The van der Waals surface area contributed by atoms with Crippen LogP contribution < -0.4 is 5.32 Å². The minimum absolute atomic E-state index is 0.406. The molecule has 0 bridgehead atoms. The van der Waals surface area contributed by atoms with Crippen molar-refractivity contribution in [3.05, 3.63) is 59.4 Å². The lowest BCUT2D eigenvalue weighted by Crippen LogP contribution is -2.22. The molecule has 0 saturated carbocycles. The summed E-state index contributed by atoms with van der Waals surface area (Å²) in [6.45, 7) is 0. The van der Waals surface area contributed by atoms with Gasteiger partial charge >= 0.3 is 5.97 Å². The molecule has 0 amide bonds. The maximum absolute atomic E-state index is 11.9. The highest BCUT2D eigenvalue weighted by molar-refractivity contribution is 6.31. The molecule has 0 aliphatic carbocycles. The highest BCUT2D eigenvalue weighted by Crippen LogP contribution is 2.26. The third-order valence-corrected chi connectivity index (χ3v) is 2.97. The fourth-order valence-electron chi connectivity index (χ4n) is 1.71. The minimum Gasteiger partial charge on any atom is -0.467 e. The van der Waals surface area contributed by atoms with Crippen LogP contribution in [0.15, 0.2) is 48.8 Å². The normalized spacial score (nSPS) is 11.7. The fraction of sp³-hybridized carbons (Fsp3) is 0.143. The van der Waals surface area contributed by atoms with Crippen LogP contribution >= 0.6 is 11.6 Å². The molecule has 1 aromatic carbocycles. The maximum Gasteiger partial charge on any atom is 0.333 e. The van der Waals surface area contributed by atoms with Gasteiger partial charge in [0.25, 0.3) is 0 Å². The molecule has 0 radical (unpaired) electrons. The smallest absolute Gasteiger partial charge is 0.333 e. The Kier molecular flexibility index (Phi) is 4.36. The third-order valence-electron chi connectivity index (χ3n) is 2.63. The van der Waals surface area contributed by atoms with E-state index in [2.05, 4.69) is 10.3 Å². The van der Waals surface area contributed by atoms with Crippen LogP contribution in [-0.4, -0.2) is 18.1 Å². The second-order valence-electron chi connectivity index (χ2n) is 3.86. The molecule has 0 saturated heterocycles. The molecule has 0 aliphatic heterocycles. The number of esters is 1. The van der Waals surface area contributed by atoms with Crippen LogP contribution in [-0.2, 0) is 9.53 Å². The first-order valence-corrected chi connectivity index (χ1v) is 6.09. The zero-order valence-corrected chi connectivity index (χ0v) is 11.1. The molecule has 4 nitrogen and oxygen atoms in total. The summed E-state index contributed by atoms with van der Waals surface area (Å²) >= 11 is 6.12. The average Bonchev–Trinajstić information content (AvgIpc) is 2.46. The van der Waals surface area contributed by atoms with E-state index < -0.39 is 12.0 Å². The largest absolute Gasteiger partial charge is 0.467 e. The van der Waals surface area contributed by atoms with Gasteiger partial charge in [0.15, 0.2) is 6.04 Å². The van der Waals surface area contributed by atoms with Crippen LogP contribution in [0, 0.1) is 0 Å². The quantitative estimate of drug-likeness (QED) is 0.872. The second kappa shape index (κ2) is 6.20. The van der Waals surface area contributed by atoms with Crippen LogP contribution in [0.4, 0.5) is 5.69 Å². The molecule has 0 spiro atoms. The van der Waals surface area contributed by atoms with Gasteiger partial charge in [-0.15, -0.1) is 0 Å². The Balaban J connectivity index is 2.32. The first-order valence-electron chi connectivity index (χ1n) is 5.71. The number of hydrogen-bond acceptors (Lipinski definition) is 4. The van der Waals surface area contributed by atoms with Gasteiger partial charge in [-0.25, -0.2) is 4.79 Å². The molecule has 1 N–H and O–H groups in total. The van der Waals surface area contributed by atoms with Crippen LogP contribution in [0.25, 0.3) is 0 Å². The van der Waals surface area contributed by atoms with E-state index >= 15 is 0 Å². The first kappa shape index (κ1) is 13.4. The van der Waals surface area contributed by atoms with Crippen LogP contribution in [0.3, 0.4) is 0 Å². The average molecular weight is 277 g/mol. The van der Waals surface area contributed by atoms with Crippen molar-refractivity contribution < 1.29 is 9.53 Å². The zero-order valence-electron chi connectivity index (χ0n) is 10.3. The number of carbonyl (C=O) groups excluding carboxylic acids is 1. The molecule has 1 unspecified atom stereocenters. The van der Waals surface area contributed by atoms with Gasteiger partial charge in [0.2, 0.25) is 0 Å². The Morgan fingerprint density at radius 2 is 2.11 bits per heavy atom. The Hall–Kier alpha value is -2.07. The van der Waals surface area contributed by atoms with Gasteiger partial charge < -0.3 is 10.1 Å². The number of aromatic nitrogens is 1. The van der Waals surface area contributed by atoms with Crippen molar-refractivity contribution in [2.24, 2.45) is 0 Å². The molecule has 0 aliphatic rings. The lowest BCUT2D eigenvalue weighted by Gasteiger charge is -2.18. The Morgan fingerprint density at radius 1 is 1.32 bits per heavy atom. The van der Waals surface area contributed by atoms with Crippen molar-refractivity contribution >= 4 is 23.3 Å². The van der Waals surface area contributed by atoms with Gasteiger partial charge in [0.05, 0.1) is 12.8 Å². The monoisotopic (exact) mass is 276 g/mol. The van der Waals surface area contributed by atoms with E-state index in [0.717, 1.165) is 5.69 Å². The number of nitrogens with zero attached hydrogens (tertiary/aromatic N) is 1. The zero-order chi connectivity index (χ0) is 13.7. The molecule has 19 heavy (non-hydrogen) atoms. The van der Waals surface area contributed by atoms with Gasteiger partial charge in [-0.1, -0.05) is 29.8 Å². The van der Waals surface area contributed by atoms with Crippen molar-refractivity contribution in [2.45, 2.75) is 6.04 Å². The molecule has 2 rings (SSSR count). The van der Waals surface area contributed by atoms with Crippen molar-refractivity contribution in [3.8, 4) is 0 Å². The van der Waals surface area contributed by atoms with Gasteiger partial charge in [0, 0.05) is 23.0 Å². The van der Waals surface area contributed by atoms with E-state index in [9.17, 15) is 4.79 Å². The summed E-state index contributed by atoms with van der Waals surface area (Å²) in [5, 5.41) is 3.57. The van der Waals surface area contributed by atoms with E-state index in [4.69, 9.17) is 16.3 Å². The van der Waals surface area contributed by atoms with E-state index in [1.807, 2.05) is 18.2 Å². The van der Waals surface area contributed by atoms with E-state index in [-0.39, 0.29) is 0 Å². The van der Waals surface area contributed by atoms with Crippen molar-refractivity contribution in [1.29, 1.82) is 0 Å². The topological polar surface area (TPSA) is 51.2 Å². The Bertz CT molecular complexity index is 560. The molecule has 1 heterocycles. The number of anilines is 1. The predicted octanol–water partition coefficient (Wildman–Crippen LogP) is 3.06. The Morgan fingerprint density at radius 3 is 2.74 bits per heavy atom. The van der Waals surface area contributed by atoms with Crippen molar-refractivity contribution in [2.75, 3.05) is 12.4 Å². The highest BCUT2D eigenvalue weighted by atomic mass is 35.5. The lowest BCUT2D eigenvalue weighted by molar-refractivity contribution is -0.141. The van der Waals surface area contributed by atoms with Gasteiger partial charge in [0.1, 0.15) is 0 Å². The standard InChI is InChI=1S/C14H13ClN2O2/c1-19-14(18)13(11-6-2-3-7-12(11)15)17-10-5-4-8-16-9-10/h2-9,13,17H,1H3. The molecular formula is C14H13ClN2O2. The summed E-state index contributed by atoms with van der Waals surface area (Å²) < 4.78 is 4.81. The van der Waals surface area contributed by atoms with Gasteiger partial charge in [-0.3, -0.25) is 4.98 Å². The summed E-state index contributed by atoms with van der Waals surface area (Å²) in [6.07, 6.45) is 3.29. The van der Waals surface area contributed by atoms with Crippen molar-refractivity contribution in [3.63, 3.8) is 0 Å². The molecule has 0 fully saturated rings. The van der Waals surface area contributed by atoms with E-state index in [1.54, 1.807) is 30.6 Å². The number of pyridine rings is 1. The van der Waals surface area contributed by atoms with Crippen molar-refractivity contribution in [1.82, 2.24) is 4.98 Å². The molecule has 98 valence electrons. The number of methoxy groups -OCH3 is 1. The lowest BCUT2D eigenvalue weighted by atomic mass is 10.1. The Labute approximate surface area is 116 Å². The summed E-state index contributed by atoms with van der Waals surface area (Å²) in [5.41, 5.74) is 1.39. The van der Waals surface area contributed by atoms with Gasteiger partial charge in [-0.2, -0.15) is 0 Å². The molecule has 5 heteroatoms. The molecular weight excluding hydrogens is 264 g/mol. The van der Waals surface area contributed by atoms with E-state index in [1.165, 1.54) is 7.11 Å². The minimum atomic E-state index is -0.664. The number of hydrogen-bond donors (Lipinski definition) is 1. The first-order chi connectivity index (χ1) is 9.22. The predicted molar refractivity (Wildman–Crippen MR) is 74.1 cm³/mol. The maximum atomic E-state index is 11.9. The molecule has 1 aromatic heterocycles. The van der Waals surface area contributed by atoms with Gasteiger partial charge in [-0.05, 0) is 18.2 Å². The SMILES string of the molecule is COC(=O)C(Nc1cccnc1)c1ccccc1Cl. The number of nitrogens with one attached hydrogen (secondary N) is 1. The fourth-order valence-corrected chi connectivity index (χ4v) is 1.95. The number of carbonyl (C=O) groups is 1. The van der Waals surface area contributed by atoms with Crippen LogP contribution in [0.2, 0.25) is 5.02 Å². The third kappa shape index (κ3) is 3.23. The molecule has 2 aromatic rings. The van der Waals surface area contributed by atoms with Crippen LogP contribution in [0.5, 0.6) is 0 Å². The van der Waals surface area contributed by atoms with E-state index in [0.29, 0.717) is 10.6 Å².